The van der Waals surface area contributed by atoms with Crippen LogP contribution in [0.25, 0.3) is 0 Å². The van der Waals surface area contributed by atoms with Gasteiger partial charge < -0.3 is 5.11 Å². The van der Waals surface area contributed by atoms with Crippen LogP contribution in [0.2, 0.25) is 0 Å². The molecule has 0 bridgehead atoms. The van der Waals surface area contributed by atoms with E-state index in [9.17, 15) is 13.2 Å². The Hall–Kier alpha value is -1.66. The van der Waals surface area contributed by atoms with Crippen LogP contribution in [0.5, 0.6) is 0 Å². The second kappa shape index (κ2) is 6.49. The van der Waals surface area contributed by atoms with E-state index in [2.05, 4.69) is 6.58 Å². The van der Waals surface area contributed by atoms with E-state index in [1.165, 1.54) is 34.6 Å². The molecule has 5 nitrogen and oxygen atoms in total. The van der Waals surface area contributed by atoms with Gasteiger partial charge in [0.05, 0.1) is 10.5 Å². The first kappa shape index (κ1) is 15.4. The van der Waals surface area contributed by atoms with E-state index in [-0.39, 0.29) is 17.0 Å². The molecule has 0 atom stereocenters. The van der Waals surface area contributed by atoms with Crippen LogP contribution in [-0.4, -0.2) is 36.9 Å². The molecule has 0 saturated carbocycles. The highest BCUT2D eigenvalue weighted by molar-refractivity contribution is 7.89. The normalized spacial score (nSPS) is 11.5. The van der Waals surface area contributed by atoms with Gasteiger partial charge in [0, 0.05) is 13.1 Å². The average molecular weight is 283 g/mol. The molecule has 0 fully saturated rings. The molecule has 0 aliphatic rings. The molecule has 0 aliphatic heterocycles. The molecule has 0 amide bonds. The quantitative estimate of drug-likeness (QED) is 0.776. The number of hydrogen-bond acceptors (Lipinski definition) is 3. The van der Waals surface area contributed by atoms with Gasteiger partial charge in [-0.25, -0.2) is 13.2 Å². The highest BCUT2D eigenvalue weighted by Gasteiger charge is 2.27. The third-order valence-corrected chi connectivity index (χ3v) is 4.46. The number of carboxylic acid groups (broad SMARTS) is 1. The fourth-order valence-electron chi connectivity index (χ4n) is 1.71. The molecule has 1 aromatic rings. The number of carboxylic acids is 1. The van der Waals surface area contributed by atoms with E-state index in [4.69, 9.17) is 5.11 Å². The Morgan fingerprint density at radius 3 is 2.58 bits per heavy atom. The largest absolute Gasteiger partial charge is 0.478 e. The topological polar surface area (TPSA) is 74.7 Å². The zero-order chi connectivity index (χ0) is 14.5. The standard InChI is InChI=1S/C13H17NO4S/c1-3-9-14(10-4-2)19(17,18)12-8-6-5-7-11(12)13(15)16/h3,5-8H,1,4,9-10H2,2H3,(H,15,16). The fourth-order valence-corrected chi connectivity index (χ4v) is 3.40. The van der Waals surface area contributed by atoms with Crippen LogP contribution in [0.3, 0.4) is 0 Å². The van der Waals surface area contributed by atoms with Gasteiger partial charge in [0.1, 0.15) is 0 Å². The molecule has 0 spiro atoms. The number of hydrogen-bond donors (Lipinski definition) is 1. The molecular weight excluding hydrogens is 266 g/mol. The lowest BCUT2D eigenvalue weighted by Gasteiger charge is -2.20. The van der Waals surface area contributed by atoms with Crippen molar-refractivity contribution in [1.82, 2.24) is 4.31 Å². The SMILES string of the molecule is C=CCN(CCC)S(=O)(=O)c1ccccc1C(=O)O. The van der Waals surface area contributed by atoms with Crippen molar-refractivity contribution in [2.75, 3.05) is 13.1 Å². The summed E-state index contributed by atoms with van der Waals surface area (Å²) >= 11 is 0. The van der Waals surface area contributed by atoms with Crippen LogP contribution in [0.15, 0.2) is 41.8 Å². The van der Waals surface area contributed by atoms with Gasteiger partial charge in [-0.3, -0.25) is 0 Å². The molecule has 0 radical (unpaired) electrons. The summed E-state index contributed by atoms with van der Waals surface area (Å²) in [5.74, 6) is -1.26. The van der Waals surface area contributed by atoms with Gasteiger partial charge in [-0.2, -0.15) is 4.31 Å². The van der Waals surface area contributed by atoms with Gasteiger partial charge in [-0.1, -0.05) is 25.1 Å². The Morgan fingerprint density at radius 1 is 1.42 bits per heavy atom. The Morgan fingerprint density at radius 2 is 2.05 bits per heavy atom. The summed E-state index contributed by atoms with van der Waals surface area (Å²) in [6.45, 7) is 5.86. The van der Waals surface area contributed by atoms with Crippen LogP contribution < -0.4 is 0 Å². The molecule has 1 aromatic carbocycles. The molecule has 0 aromatic heterocycles. The van der Waals surface area contributed by atoms with Crippen molar-refractivity contribution < 1.29 is 18.3 Å². The summed E-state index contributed by atoms with van der Waals surface area (Å²) in [5.41, 5.74) is -0.215. The zero-order valence-electron chi connectivity index (χ0n) is 10.7. The lowest BCUT2D eigenvalue weighted by atomic mass is 10.2. The minimum atomic E-state index is -3.82. The van der Waals surface area contributed by atoms with Crippen molar-refractivity contribution in [2.24, 2.45) is 0 Å². The number of aromatic carboxylic acids is 1. The number of benzene rings is 1. The van der Waals surface area contributed by atoms with E-state index in [0.717, 1.165) is 0 Å². The number of rotatable bonds is 7. The van der Waals surface area contributed by atoms with Crippen molar-refractivity contribution in [1.29, 1.82) is 0 Å². The lowest BCUT2D eigenvalue weighted by molar-refractivity contribution is 0.0692. The third kappa shape index (κ3) is 3.42. The summed E-state index contributed by atoms with van der Waals surface area (Å²) in [5, 5.41) is 9.07. The first-order chi connectivity index (χ1) is 8.95. The van der Waals surface area contributed by atoms with Crippen molar-refractivity contribution in [3.63, 3.8) is 0 Å². The third-order valence-electron chi connectivity index (χ3n) is 2.54. The Labute approximate surface area is 113 Å². The zero-order valence-corrected chi connectivity index (χ0v) is 11.6. The van der Waals surface area contributed by atoms with Crippen LogP contribution >= 0.6 is 0 Å². The highest BCUT2D eigenvalue weighted by Crippen LogP contribution is 2.20. The molecule has 1 rings (SSSR count). The summed E-state index contributed by atoms with van der Waals surface area (Å²) in [6, 6.07) is 5.61. The van der Waals surface area contributed by atoms with Crippen LogP contribution in [0.4, 0.5) is 0 Å². The summed E-state index contributed by atoms with van der Waals surface area (Å²) < 4.78 is 26.1. The van der Waals surface area contributed by atoms with Crippen molar-refractivity contribution >= 4 is 16.0 Å². The maximum Gasteiger partial charge on any atom is 0.337 e. The maximum atomic E-state index is 12.5. The number of carbonyl (C=O) groups is 1. The molecule has 0 aliphatic carbocycles. The number of sulfonamides is 1. The van der Waals surface area contributed by atoms with E-state index in [0.29, 0.717) is 13.0 Å². The maximum absolute atomic E-state index is 12.5. The average Bonchev–Trinajstić information content (AvgIpc) is 2.38. The van der Waals surface area contributed by atoms with Crippen LogP contribution in [0, 0.1) is 0 Å². The van der Waals surface area contributed by atoms with Gasteiger partial charge in [0.25, 0.3) is 0 Å². The van der Waals surface area contributed by atoms with E-state index < -0.39 is 16.0 Å². The first-order valence-electron chi connectivity index (χ1n) is 5.88. The van der Waals surface area contributed by atoms with Crippen molar-refractivity contribution in [3.05, 3.63) is 42.5 Å². The summed E-state index contributed by atoms with van der Waals surface area (Å²) in [7, 11) is -3.82. The minimum absolute atomic E-state index is 0.157. The van der Waals surface area contributed by atoms with Crippen molar-refractivity contribution in [3.8, 4) is 0 Å². The second-order valence-electron chi connectivity index (χ2n) is 3.95. The molecule has 0 unspecified atom stereocenters. The molecule has 19 heavy (non-hydrogen) atoms. The van der Waals surface area contributed by atoms with E-state index in [1.54, 1.807) is 0 Å². The molecule has 0 saturated heterocycles. The Kier molecular flexibility index (Phi) is 5.26. The summed E-state index contributed by atoms with van der Waals surface area (Å²) in [6.07, 6.45) is 2.12. The Bertz CT molecular complexity index is 566. The monoisotopic (exact) mass is 283 g/mol. The smallest absolute Gasteiger partial charge is 0.337 e. The Balaban J connectivity index is 3.32. The van der Waals surface area contributed by atoms with Gasteiger partial charge in [-0.05, 0) is 18.6 Å². The highest BCUT2D eigenvalue weighted by atomic mass is 32.2. The van der Waals surface area contributed by atoms with Gasteiger partial charge >= 0.3 is 5.97 Å². The van der Waals surface area contributed by atoms with Gasteiger partial charge in [0.2, 0.25) is 10.0 Å². The van der Waals surface area contributed by atoms with Gasteiger partial charge in [-0.15, -0.1) is 6.58 Å². The number of nitrogens with zero attached hydrogens (tertiary/aromatic N) is 1. The predicted octanol–water partition coefficient (Wildman–Crippen LogP) is 1.97. The minimum Gasteiger partial charge on any atom is -0.478 e. The fraction of sp³-hybridized carbons (Fsp3) is 0.308. The first-order valence-corrected chi connectivity index (χ1v) is 7.32. The summed E-state index contributed by atoms with van der Waals surface area (Å²) in [4.78, 5) is 10.9. The molecule has 6 heteroatoms. The van der Waals surface area contributed by atoms with Crippen LogP contribution in [0.1, 0.15) is 23.7 Å². The second-order valence-corrected chi connectivity index (χ2v) is 5.86. The van der Waals surface area contributed by atoms with Gasteiger partial charge in [0.15, 0.2) is 0 Å². The lowest BCUT2D eigenvalue weighted by Crippen LogP contribution is -2.33. The predicted molar refractivity (Wildman–Crippen MR) is 72.6 cm³/mol. The molecule has 1 N–H and O–H groups in total. The van der Waals surface area contributed by atoms with Crippen LogP contribution in [-0.2, 0) is 10.0 Å². The molecular formula is C13H17NO4S. The van der Waals surface area contributed by atoms with E-state index >= 15 is 0 Å². The van der Waals surface area contributed by atoms with Crippen molar-refractivity contribution in [2.45, 2.75) is 18.2 Å². The molecule has 0 heterocycles. The van der Waals surface area contributed by atoms with E-state index in [1.807, 2.05) is 6.92 Å². The molecule has 104 valence electrons.